The van der Waals surface area contributed by atoms with Gasteiger partial charge in [-0.25, -0.2) is 4.98 Å². The number of aliphatic hydroxyl groups is 1. The average molecular weight is 356 g/mol. The number of aromatic amines is 1. The number of fused-ring (bicyclic) bond motifs is 1. The number of aryl methyl sites for hydroxylation is 2. The number of amides is 1. The number of imidazole rings is 1. The molecule has 2 N–H and O–H groups in total. The number of rotatable bonds is 4. The molecule has 0 aliphatic carbocycles. The summed E-state index contributed by atoms with van der Waals surface area (Å²) >= 11 is 0. The van der Waals surface area contributed by atoms with E-state index in [9.17, 15) is 9.90 Å². The summed E-state index contributed by atoms with van der Waals surface area (Å²) in [7, 11) is 0. The molecule has 0 unspecified atom stereocenters. The highest BCUT2D eigenvalue weighted by Gasteiger charge is 2.48. The first-order valence-corrected chi connectivity index (χ1v) is 9.60. The van der Waals surface area contributed by atoms with Crippen LogP contribution in [0.25, 0.3) is 11.0 Å². The molecular formula is C20H28N4O2. The van der Waals surface area contributed by atoms with E-state index in [1.54, 1.807) is 0 Å². The maximum absolute atomic E-state index is 12.9. The van der Waals surface area contributed by atoms with Gasteiger partial charge in [0.05, 0.1) is 29.6 Å². The van der Waals surface area contributed by atoms with Crippen molar-refractivity contribution in [2.45, 2.75) is 39.7 Å². The minimum Gasteiger partial charge on any atom is -0.395 e. The Morgan fingerprint density at radius 1 is 1.27 bits per heavy atom. The van der Waals surface area contributed by atoms with Crippen LogP contribution in [-0.2, 0) is 11.3 Å². The third-order valence-corrected chi connectivity index (χ3v) is 6.23. The number of H-pyrrole nitrogens is 1. The molecule has 0 saturated carbocycles. The summed E-state index contributed by atoms with van der Waals surface area (Å²) in [5.41, 5.74) is 4.36. The molecule has 1 aromatic carbocycles. The lowest BCUT2D eigenvalue weighted by atomic mass is 9.78. The Bertz CT molecular complexity index is 829. The van der Waals surface area contributed by atoms with Gasteiger partial charge in [-0.1, -0.05) is 6.07 Å². The smallest absolute Gasteiger partial charge is 0.230 e. The monoisotopic (exact) mass is 356 g/mol. The molecule has 1 spiro atoms. The number of aromatic nitrogens is 2. The van der Waals surface area contributed by atoms with Crippen LogP contribution in [0.15, 0.2) is 12.1 Å². The van der Waals surface area contributed by atoms with Crippen molar-refractivity contribution in [3.8, 4) is 0 Å². The van der Waals surface area contributed by atoms with Gasteiger partial charge in [0.1, 0.15) is 5.82 Å². The summed E-state index contributed by atoms with van der Waals surface area (Å²) < 4.78 is 0. The van der Waals surface area contributed by atoms with Crippen molar-refractivity contribution in [2.75, 3.05) is 32.8 Å². The van der Waals surface area contributed by atoms with Crippen molar-refractivity contribution in [2.24, 2.45) is 5.41 Å². The van der Waals surface area contributed by atoms with E-state index in [1.807, 2.05) is 4.90 Å². The molecule has 6 nitrogen and oxygen atoms in total. The van der Waals surface area contributed by atoms with Gasteiger partial charge in [-0.3, -0.25) is 9.69 Å². The predicted molar refractivity (Wildman–Crippen MR) is 101 cm³/mol. The molecule has 0 radical (unpaired) electrons. The Labute approximate surface area is 154 Å². The number of piperidine rings is 1. The van der Waals surface area contributed by atoms with Gasteiger partial charge in [0.25, 0.3) is 0 Å². The lowest BCUT2D eigenvalue weighted by molar-refractivity contribution is -0.146. The fourth-order valence-electron chi connectivity index (χ4n) is 4.61. The summed E-state index contributed by atoms with van der Waals surface area (Å²) in [6, 6.07) is 4.22. The molecule has 140 valence electrons. The molecule has 1 aromatic heterocycles. The van der Waals surface area contributed by atoms with Crippen LogP contribution in [0.5, 0.6) is 0 Å². The van der Waals surface area contributed by atoms with Crippen LogP contribution in [0.3, 0.4) is 0 Å². The molecule has 2 fully saturated rings. The van der Waals surface area contributed by atoms with Crippen molar-refractivity contribution >= 4 is 16.9 Å². The zero-order chi connectivity index (χ0) is 18.3. The second kappa shape index (κ2) is 6.67. The first kappa shape index (κ1) is 17.5. The number of β-amino-alcohol motifs (C(OH)–C–C–N with tert-alkyl or cyclic N) is 1. The van der Waals surface area contributed by atoms with E-state index in [4.69, 9.17) is 4.98 Å². The van der Waals surface area contributed by atoms with Gasteiger partial charge in [-0.05, 0) is 56.8 Å². The van der Waals surface area contributed by atoms with Gasteiger partial charge < -0.3 is 15.0 Å². The molecular weight excluding hydrogens is 328 g/mol. The molecule has 0 bridgehead atoms. The largest absolute Gasteiger partial charge is 0.395 e. The number of nitrogens with zero attached hydrogens (tertiary/aromatic N) is 3. The summed E-state index contributed by atoms with van der Waals surface area (Å²) in [5, 5.41) is 9.21. The summed E-state index contributed by atoms with van der Waals surface area (Å²) in [4.78, 5) is 25.4. The number of nitrogens with one attached hydrogen (secondary N) is 1. The Hall–Kier alpha value is -1.92. The summed E-state index contributed by atoms with van der Waals surface area (Å²) in [6.45, 7) is 7.98. The van der Waals surface area contributed by atoms with E-state index >= 15 is 0 Å². The first-order chi connectivity index (χ1) is 12.5. The molecule has 26 heavy (non-hydrogen) atoms. The van der Waals surface area contributed by atoms with Crippen LogP contribution in [-0.4, -0.2) is 63.6 Å². The Morgan fingerprint density at radius 3 is 2.92 bits per heavy atom. The van der Waals surface area contributed by atoms with Crippen LogP contribution in [0, 0.1) is 19.3 Å². The van der Waals surface area contributed by atoms with Crippen molar-refractivity contribution in [1.82, 2.24) is 19.8 Å². The highest BCUT2D eigenvalue weighted by Crippen LogP contribution is 2.40. The summed E-state index contributed by atoms with van der Waals surface area (Å²) in [6.07, 6.45) is 2.90. The maximum Gasteiger partial charge on any atom is 0.230 e. The second-order valence-electron chi connectivity index (χ2n) is 7.95. The second-order valence-corrected chi connectivity index (χ2v) is 7.95. The topological polar surface area (TPSA) is 72.5 Å². The molecule has 1 amide bonds. The van der Waals surface area contributed by atoms with Gasteiger partial charge in [0, 0.05) is 19.6 Å². The third-order valence-electron chi connectivity index (χ3n) is 6.23. The Balaban J connectivity index is 1.49. The van der Waals surface area contributed by atoms with Crippen molar-refractivity contribution < 1.29 is 9.90 Å². The number of benzene rings is 1. The molecule has 6 heteroatoms. The number of carbonyl (C=O) groups excluding carboxylic acids is 1. The van der Waals surface area contributed by atoms with Gasteiger partial charge >= 0.3 is 0 Å². The zero-order valence-corrected chi connectivity index (χ0v) is 15.7. The third kappa shape index (κ3) is 2.91. The number of likely N-dealkylation sites (tertiary alicyclic amines) is 2. The predicted octanol–water partition coefficient (Wildman–Crippen LogP) is 1.99. The van der Waals surface area contributed by atoms with Gasteiger partial charge in [0.15, 0.2) is 0 Å². The highest BCUT2D eigenvalue weighted by molar-refractivity contribution is 5.84. The van der Waals surface area contributed by atoms with E-state index in [2.05, 4.69) is 35.9 Å². The normalized spacial score (nSPS) is 24.3. The average Bonchev–Trinajstić information content (AvgIpc) is 3.21. The number of aliphatic hydroxyl groups excluding tert-OH is 1. The van der Waals surface area contributed by atoms with E-state index in [1.165, 1.54) is 11.1 Å². The quantitative estimate of drug-likeness (QED) is 0.879. The van der Waals surface area contributed by atoms with Gasteiger partial charge in [0.2, 0.25) is 5.91 Å². The summed E-state index contributed by atoms with van der Waals surface area (Å²) in [5.74, 6) is 1.21. The SMILES string of the molecule is Cc1ccc2[nH]c(CN3CC[C@@]4(CCCN(CCO)C4=O)C3)nc2c1C. The maximum atomic E-state index is 12.9. The molecule has 2 saturated heterocycles. The molecule has 2 aromatic rings. The number of hydrogen-bond donors (Lipinski definition) is 2. The van der Waals surface area contributed by atoms with Gasteiger partial charge in [-0.15, -0.1) is 0 Å². The van der Waals surface area contributed by atoms with Crippen LogP contribution >= 0.6 is 0 Å². The molecule has 4 rings (SSSR count). The van der Waals surface area contributed by atoms with E-state index in [0.29, 0.717) is 6.54 Å². The van der Waals surface area contributed by atoms with E-state index in [0.717, 1.165) is 62.3 Å². The van der Waals surface area contributed by atoms with Crippen molar-refractivity contribution in [3.05, 3.63) is 29.1 Å². The van der Waals surface area contributed by atoms with Crippen LogP contribution in [0.2, 0.25) is 0 Å². The van der Waals surface area contributed by atoms with E-state index in [-0.39, 0.29) is 17.9 Å². The minimum absolute atomic E-state index is 0.0449. The lowest BCUT2D eigenvalue weighted by Gasteiger charge is -2.39. The van der Waals surface area contributed by atoms with Crippen molar-refractivity contribution in [1.29, 1.82) is 0 Å². The number of carbonyl (C=O) groups is 1. The van der Waals surface area contributed by atoms with Crippen LogP contribution < -0.4 is 0 Å². The molecule has 1 atom stereocenters. The standard InChI is InChI=1S/C20H28N4O2/c1-14-4-5-16-18(15(14)2)22-17(21-16)12-23-9-7-20(13-23)6-3-8-24(10-11-25)19(20)26/h4-5,25H,3,6-13H2,1-2H3,(H,21,22)/t20-/m0/s1. The Morgan fingerprint density at radius 2 is 2.12 bits per heavy atom. The van der Waals surface area contributed by atoms with Crippen molar-refractivity contribution in [3.63, 3.8) is 0 Å². The minimum atomic E-state index is -0.258. The molecule has 2 aliphatic rings. The lowest BCUT2D eigenvalue weighted by Crippen LogP contribution is -2.50. The van der Waals surface area contributed by atoms with E-state index < -0.39 is 0 Å². The molecule has 3 heterocycles. The van der Waals surface area contributed by atoms with Gasteiger partial charge in [-0.2, -0.15) is 0 Å². The Kier molecular flexibility index (Phi) is 4.49. The fraction of sp³-hybridized carbons (Fsp3) is 0.600. The number of hydrogen-bond acceptors (Lipinski definition) is 4. The van der Waals surface area contributed by atoms with Crippen LogP contribution in [0.1, 0.15) is 36.2 Å². The first-order valence-electron chi connectivity index (χ1n) is 9.60. The molecule has 2 aliphatic heterocycles. The van der Waals surface area contributed by atoms with Crippen LogP contribution in [0.4, 0.5) is 0 Å². The highest BCUT2D eigenvalue weighted by atomic mass is 16.3. The zero-order valence-electron chi connectivity index (χ0n) is 15.7. The fourth-order valence-corrected chi connectivity index (χ4v) is 4.61.